The molecule has 20 heavy (non-hydrogen) atoms. The van der Waals surface area contributed by atoms with E-state index in [2.05, 4.69) is 0 Å². The van der Waals surface area contributed by atoms with E-state index in [0.29, 0.717) is 11.8 Å². The second kappa shape index (κ2) is 5.05. The summed E-state index contributed by atoms with van der Waals surface area (Å²) in [7, 11) is 0. The smallest absolute Gasteiger partial charge is 0.303 e. The molecule has 3 atom stereocenters. The minimum Gasteiger partial charge on any atom is -0.481 e. The Kier molecular flexibility index (Phi) is 3.51. The fourth-order valence-corrected chi connectivity index (χ4v) is 5.88. The van der Waals surface area contributed by atoms with Crippen molar-refractivity contribution < 1.29 is 19.8 Å². The largest absolute Gasteiger partial charge is 0.481 e. The average Bonchev–Trinajstić information content (AvgIpc) is 2.34. The number of carboxylic acid groups (broad SMARTS) is 2. The molecule has 0 aliphatic heterocycles. The molecule has 4 bridgehead atoms. The van der Waals surface area contributed by atoms with Gasteiger partial charge >= 0.3 is 11.9 Å². The van der Waals surface area contributed by atoms with Crippen LogP contribution in [0, 0.1) is 29.1 Å². The maximum absolute atomic E-state index is 11.0. The summed E-state index contributed by atoms with van der Waals surface area (Å²) in [5, 5.41) is 18.0. The van der Waals surface area contributed by atoms with Crippen molar-refractivity contribution in [3.63, 3.8) is 0 Å². The predicted octanol–water partition coefficient (Wildman–Crippen LogP) is 3.16. The highest BCUT2D eigenvalue weighted by Crippen LogP contribution is 2.65. The average molecular weight is 280 g/mol. The molecule has 2 N–H and O–H groups in total. The summed E-state index contributed by atoms with van der Waals surface area (Å²) in [6.07, 6.45) is 8.15. The molecule has 4 saturated carbocycles. The molecule has 4 aliphatic rings. The van der Waals surface area contributed by atoms with Crippen molar-refractivity contribution in [2.45, 2.75) is 57.8 Å². The first-order valence-corrected chi connectivity index (χ1v) is 7.92. The first kappa shape index (κ1) is 13.9. The SMILES string of the molecule is O=C(O)CCC1C2CC3CC(C2)CC1(CCC(=O)O)C3. The Labute approximate surface area is 119 Å². The van der Waals surface area contributed by atoms with E-state index < -0.39 is 11.9 Å². The molecule has 0 aromatic carbocycles. The van der Waals surface area contributed by atoms with E-state index in [1.807, 2.05) is 0 Å². The summed E-state index contributed by atoms with van der Waals surface area (Å²) in [4.78, 5) is 21.9. The molecule has 0 saturated heterocycles. The van der Waals surface area contributed by atoms with E-state index in [0.717, 1.165) is 37.5 Å². The van der Waals surface area contributed by atoms with Crippen molar-refractivity contribution in [3.8, 4) is 0 Å². The molecule has 112 valence electrons. The maximum atomic E-state index is 11.0. The van der Waals surface area contributed by atoms with Crippen LogP contribution in [0.4, 0.5) is 0 Å². The third-order valence-electron chi connectivity index (χ3n) is 6.19. The van der Waals surface area contributed by atoms with Crippen molar-refractivity contribution in [2.24, 2.45) is 29.1 Å². The molecule has 0 heterocycles. The van der Waals surface area contributed by atoms with E-state index in [1.54, 1.807) is 0 Å². The molecule has 4 rings (SSSR count). The van der Waals surface area contributed by atoms with Gasteiger partial charge in [0, 0.05) is 12.8 Å². The van der Waals surface area contributed by atoms with Crippen LogP contribution in [0.5, 0.6) is 0 Å². The van der Waals surface area contributed by atoms with Gasteiger partial charge in [0.05, 0.1) is 0 Å². The summed E-state index contributed by atoms with van der Waals surface area (Å²) < 4.78 is 0. The van der Waals surface area contributed by atoms with Crippen LogP contribution in [0.2, 0.25) is 0 Å². The molecular weight excluding hydrogens is 256 g/mol. The number of carboxylic acids is 2. The predicted molar refractivity (Wildman–Crippen MR) is 73.2 cm³/mol. The quantitative estimate of drug-likeness (QED) is 0.783. The number of carbonyl (C=O) groups is 2. The topological polar surface area (TPSA) is 74.6 Å². The van der Waals surface area contributed by atoms with Crippen molar-refractivity contribution in [1.82, 2.24) is 0 Å². The lowest BCUT2D eigenvalue weighted by atomic mass is 9.43. The van der Waals surface area contributed by atoms with Gasteiger partial charge in [0.2, 0.25) is 0 Å². The van der Waals surface area contributed by atoms with Crippen molar-refractivity contribution in [2.75, 3.05) is 0 Å². The number of hydrogen-bond acceptors (Lipinski definition) is 2. The van der Waals surface area contributed by atoms with Crippen LogP contribution in [0.25, 0.3) is 0 Å². The van der Waals surface area contributed by atoms with Crippen LogP contribution in [-0.4, -0.2) is 22.2 Å². The molecule has 0 spiro atoms. The zero-order chi connectivity index (χ0) is 14.3. The van der Waals surface area contributed by atoms with Gasteiger partial charge in [-0.15, -0.1) is 0 Å². The third-order valence-corrected chi connectivity index (χ3v) is 6.19. The van der Waals surface area contributed by atoms with Gasteiger partial charge in [-0.3, -0.25) is 9.59 Å². The number of rotatable bonds is 6. The van der Waals surface area contributed by atoms with Gasteiger partial charge in [-0.25, -0.2) is 0 Å². The van der Waals surface area contributed by atoms with Gasteiger partial charge in [0.25, 0.3) is 0 Å². The molecule has 4 fully saturated rings. The van der Waals surface area contributed by atoms with E-state index in [4.69, 9.17) is 10.2 Å². The Morgan fingerprint density at radius 2 is 1.55 bits per heavy atom. The minimum absolute atomic E-state index is 0.141. The van der Waals surface area contributed by atoms with Crippen LogP contribution in [0.3, 0.4) is 0 Å². The molecule has 0 radical (unpaired) electrons. The van der Waals surface area contributed by atoms with E-state index in [9.17, 15) is 9.59 Å². The fraction of sp³-hybridized carbons (Fsp3) is 0.875. The van der Waals surface area contributed by atoms with Crippen molar-refractivity contribution in [1.29, 1.82) is 0 Å². The van der Waals surface area contributed by atoms with E-state index in [-0.39, 0.29) is 18.3 Å². The second-order valence-electron chi connectivity index (χ2n) is 7.40. The molecule has 0 aromatic rings. The molecule has 0 aromatic heterocycles. The molecule has 4 heteroatoms. The van der Waals surface area contributed by atoms with Crippen molar-refractivity contribution >= 4 is 11.9 Å². The van der Waals surface area contributed by atoms with Gasteiger partial charge in [0.15, 0.2) is 0 Å². The maximum Gasteiger partial charge on any atom is 0.303 e. The van der Waals surface area contributed by atoms with Crippen LogP contribution < -0.4 is 0 Å². The molecule has 4 aliphatic carbocycles. The zero-order valence-electron chi connectivity index (χ0n) is 11.9. The number of aliphatic carboxylic acids is 2. The monoisotopic (exact) mass is 280 g/mol. The van der Waals surface area contributed by atoms with Crippen LogP contribution in [-0.2, 0) is 9.59 Å². The summed E-state index contributed by atoms with van der Waals surface area (Å²) in [6.45, 7) is 0. The molecule has 4 nitrogen and oxygen atoms in total. The Hall–Kier alpha value is -1.06. The highest BCUT2D eigenvalue weighted by Gasteiger charge is 2.56. The highest BCUT2D eigenvalue weighted by molar-refractivity contribution is 5.67. The first-order chi connectivity index (χ1) is 9.48. The standard InChI is InChI=1S/C16H24O4/c17-14(18)2-1-13-12-6-10-5-11(7-12)9-16(13,8-10)4-3-15(19)20/h10-13H,1-9H2,(H,17,18)(H,19,20). The van der Waals surface area contributed by atoms with Crippen LogP contribution in [0.15, 0.2) is 0 Å². The normalized spacial score (nSPS) is 41.8. The van der Waals surface area contributed by atoms with E-state index >= 15 is 0 Å². The summed E-state index contributed by atoms with van der Waals surface area (Å²) in [5.74, 6) is 1.25. The Bertz CT molecular complexity index is 403. The molecular formula is C16H24O4. The Balaban J connectivity index is 1.77. The van der Waals surface area contributed by atoms with Gasteiger partial charge in [0.1, 0.15) is 0 Å². The first-order valence-electron chi connectivity index (χ1n) is 7.92. The van der Waals surface area contributed by atoms with Gasteiger partial charge < -0.3 is 10.2 Å². The highest BCUT2D eigenvalue weighted by atomic mass is 16.4. The van der Waals surface area contributed by atoms with E-state index in [1.165, 1.54) is 19.3 Å². The van der Waals surface area contributed by atoms with Gasteiger partial charge in [-0.05, 0) is 74.0 Å². The lowest BCUT2D eigenvalue weighted by Gasteiger charge is -2.62. The summed E-state index contributed by atoms with van der Waals surface area (Å²) >= 11 is 0. The second-order valence-corrected chi connectivity index (χ2v) is 7.40. The fourth-order valence-electron chi connectivity index (χ4n) is 5.88. The Morgan fingerprint density at radius 1 is 0.950 bits per heavy atom. The Morgan fingerprint density at radius 3 is 2.10 bits per heavy atom. The van der Waals surface area contributed by atoms with Gasteiger partial charge in [-0.2, -0.15) is 0 Å². The summed E-state index contributed by atoms with van der Waals surface area (Å²) in [6, 6.07) is 0. The summed E-state index contributed by atoms with van der Waals surface area (Å²) in [5.41, 5.74) is 0.141. The zero-order valence-corrected chi connectivity index (χ0v) is 11.9. The lowest BCUT2D eigenvalue weighted by Crippen LogP contribution is -2.52. The minimum atomic E-state index is -0.716. The van der Waals surface area contributed by atoms with Crippen LogP contribution in [0.1, 0.15) is 57.8 Å². The van der Waals surface area contributed by atoms with Crippen LogP contribution >= 0.6 is 0 Å². The van der Waals surface area contributed by atoms with Gasteiger partial charge in [-0.1, -0.05) is 0 Å². The molecule has 0 amide bonds. The molecule has 3 unspecified atom stereocenters. The van der Waals surface area contributed by atoms with Crippen molar-refractivity contribution in [3.05, 3.63) is 0 Å². The third kappa shape index (κ3) is 2.45. The lowest BCUT2D eigenvalue weighted by molar-refractivity contribution is -0.147. The number of hydrogen-bond donors (Lipinski definition) is 2.